The van der Waals surface area contributed by atoms with E-state index in [1.165, 1.54) is 31.4 Å². The van der Waals surface area contributed by atoms with E-state index >= 15 is 0 Å². The average Bonchev–Trinajstić information content (AvgIpc) is 2.64. The maximum Gasteiger partial charge on any atom is 0.407 e. The van der Waals surface area contributed by atoms with E-state index in [2.05, 4.69) is 10.6 Å². The molecular formula is C19H30N2O6S. The Labute approximate surface area is 166 Å². The number of nitrogens with one attached hydrogen (secondary N) is 2. The van der Waals surface area contributed by atoms with Gasteiger partial charge >= 0.3 is 6.09 Å². The summed E-state index contributed by atoms with van der Waals surface area (Å²) in [6.07, 6.45) is 0.156. The molecule has 0 saturated carbocycles. The summed E-state index contributed by atoms with van der Waals surface area (Å²) in [5.41, 5.74) is 0.338. The van der Waals surface area contributed by atoms with E-state index in [4.69, 9.17) is 9.47 Å². The molecule has 0 aliphatic rings. The van der Waals surface area contributed by atoms with Crippen molar-refractivity contribution in [2.45, 2.75) is 38.1 Å². The molecule has 0 heterocycles. The third-order valence-corrected chi connectivity index (χ3v) is 5.59. The molecule has 0 fully saturated rings. The fourth-order valence-electron chi connectivity index (χ4n) is 2.54. The van der Waals surface area contributed by atoms with E-state index in [-0.39, 0.29) is 42.4 Å². The Morgan fingerprint density at radius 2 is 1.79 bits per heavy atom. The van der Waals surface area contributed by atoms with Crippen LogP contribution < -0.4 is 10.6 Å². The van der Waals surface area contributed by atoms with Crippen molar-refractivity contribution in [3.8, 4) is 0 Å². The number of ether oxygens (including phenoxy) is 2. The lowest BCUT2D eigenvalue weighted by atomic mass is 10.0. The molecule has 2 N–H and O–H groups in total. The molecule has 0 spiro atoms. The van der Waals surface area contributed by atoms with Gasteiger partial charge in [0.05, 0.1) is 23.9 Å². The Balaban J connectivity index is 2.70. The monoisotopic (exact) mass is 414 g/mol. The van der Waals surface area contributed by atoms with Crippen LogP contribution in [0.4, 0.5) is 4.79 Å². The summed E-state index contributed by atoms with van der Waals surface area (Å²) in [6.45, 7) is 6.37. The number of hydrogen-bond donors (Lipinski definition) is 2. The van der Waals surface area contributed by atoms with Gasteiger partial charge in [-0.3, -0.25) is 4.79 Å². The summed E-state index contributed by atoms with van der Waals surface area (Å²) in [5.74, 6) is -0.147. The highest BCUT2D eigenvalue weighted by Gasteiger charge is 2.18. The van der Waals surface area contributed by atoms with E-state index in [9.17, 15) is 18.0 Å². The third-order valence-electron chi connectivity index (χ3n) is 3.89. The summed E-state index contributed by atoms with van der Waals surface area (Å²) in [5, 5.41) is 5.50. The highest BCUT2D eigenvalue weighted by Crippen LogP contribution is 2.13. The molecule has 0 radical (unpaired) electrons. The molecule has 1 aromatic carbocycles. The van der Waals surface area contributed by atoms with Crippen molar-refractivity contribution in [1.82, 2.24) is 10.6 Å². The number of sulfone groups is 1. The predicted molar refractivity (Wildman–Crippen MR) is 106 cm³/mol. The predicted octanol–water partition coefficient (Wildman–Crippen LogP) is 2.00. The standard InChI is InChI=1S/C19H30N2O6S/c1-5-27-19(23)21-16(12-14(2)3)13-20-18(22)15-6-8-17(9-7-15)28(24,25)11-10-26-4/h6-9,14,16H,5,10-13H2,1-4H3,(H,20,22)(H,21,23). The van der Waals surface area contributed by atoms with E-state index in [0.29, 0.717) is 17.9 Å². The Hall–Kier alpha value is -2.13. The van der Waals surface area contributed by atoms with E-state index in [1.807, 2.05) is 13.8 Å². The van der Waals surface area contributed by atoms with Gasteiger partial charge in [0.2, 0.25) is 0 Å². The molecular weight excluding hydrogens is 384 g/mol. The zero-order valence-electron chi connectivity index (χ0n) is 16.9. The van der Waals surface area contributed by atoms with Crippen molar-refractivity contribution in [1.29, 1.82) is 0 Å². The van der Waals surface area contributed by atoms with E-state index < -0.39 is 15.9 Å². The molecule has 8 nitrogen and oxygen atoms in total. The highest BCUT2D eigenvalue weighted by atomic mass is 32.2. The second-order valence-corrected chi connectivity index (χ2v) is 8.85. The summed E-state index contributed by atoms with van der Waals surface area (Å²) < 4.78 is 33.9. The summed E-state index contributed by atoms with van der Waals surface area (Å²) >= 11 is 0. The maximum absolute atomic E-state index is 12.4. The Morgan fingerprint density at radius 3 is 2.32 bits per heavy atom. The fraction of sp³-hybridized carbons (Fsp3) is 0.579. The normalized spacial score (nSPS) is 12.5. The van der Waals surface area contributed by atoms with Gasteiger partial charge in [-0.25, -0.2) is 13.2 Å². The minimum atomic E-state index is -3.44. The van der Waals surface area contributed by atoms with Crippen LogP contribution in [-0.4, -0.2) is 59.1 Å². The first-order valence-corrected chi connectivity index (χ1v) is 10.9. The van der Waals surface area contributed by atoms with Crippen molar-refractivity contribution in [3.63, 3.8) is 0 Å². The van der Waals surface area contributed by atoms with E-state index in [0.717, 1.165) is 0 Å². The molecule has 28 heavy (non-hydrogen) atoms. The number of carbonyl (C=O) groups is 2. The van der Waals surface area contributed by atoms with Gasteiger partial charge in [-0.1, -0.05) is 13.8 Å². The van der Waals surface area contributed by atoms with Crippen molar-refractivity contribution in [2.24, 2.45) is 5.92 Å². The molecule has 1 aromatic rings. The molecule has 0 bridgehead atoms. The van der Waals surface area contributed by atoms with Crippen molar-refractivity contribution in [3.05, 3.63) is 29.8 Å². The topological polar surface area (TPSA) is 111 Å². The van der Waals surface area contributed by atoms with Crippen LogP contribution in [0.1, 0.15) is 37.6 Å². The van der Waals surface area contributed by atoms with Crippen LogP contribution in [0.5, 0.6) is 0 Å². The van der Waals surface area contributed by atoms with Crippen LogP contribution in [0.15, 0.2) is 29.2 Å². The molecule has 9 heteroatoms. The van der Waals surface area contributed by atoms with Gasteiger partial charge in [0.1, 0.15) is 0 Å². The van der Waals surface area contributed by atoms with Crippen LogP contribution in [0, 0.1) is 5.92 Å². The molecule has 0 aliphatic carbocycles. The van der Waals surface area contributed by atoms with Crippen molar-refractivity contribution < 1.29 is 27.5 Å². The van der Waals surface area contributed by atoms with Gasteiger partial charge in [0, 0.05) is 25.3 Å². The molecule has 2 amide bonds. The number of carbonyl (C=O) groups excluding carboxylic acids is 2. The first kappa shape index (κ1) is 23.9. The molecule has 0 aromatic heterocycles. The lowest BCUT2D eigenvalue weighted by Crippen LogP contribution is -2.44. The number of benzene rings is 1. The van der Waals surface area contributed by atoms with Crippen molar-refractivity contribution in [2.75, 3.05) is 32.6 Å². The maximum atomic E-state index is 12.4. The molecule has 158 valence electrons. The van der Waals surface area contributed by atoms with Gasteiger partial charge in [-0.15, -0.1) is 0 Å². The Morgan fingerprint density at radius 1 is 1.14 bits per heavy atom. The van der Waals surface area contributed by atoms with Gasteiger partial charge in [-0.2, -0.15) is 0 Å². The smallest absolute Gasteiger partial charge is 0.407 e. The van der Waals surface area contributed by atoms with Crippen LogP contribution in [0.3, 0.4) is 0 Å². The Kier molecular flexibility index (Phi) is 9.95. The van der Waals surface area contributed by atoms with Crippen LogP contribution in [0.2, 0.25) is 0 Å². The number of alkyl carbamates (subject to hydrolysis) is 1. The second-order valence-electron chi connectivity index (χ2n) is 6.74. The SMILES string of the molecule is CCOC(=O)NC(CNC(=O)c1ccc(S(=O)(=O)CCOC)cc1)CC(C)C. The summed E-state index contributed by atoms with van der Waals surface area (Å²) in [7, 11) is -2.00. The zero-order valence-corrected chi connectivity index (χ0v) is 17.7. The van der Waals surface area contributed by atoms with Gasteiger partial charge in [-0.05, 0) is 43.5 Å². The number of amides is 2. The molecule has 0 aliphatic heterocycles. The molecule has 1 unspecified atom stereocenters. The molecule has 1 atom stereocenters. The molecule has 0 saturated heterocycles. The second kappa shape index (κ2) is 11.7. The lowest BCUT2D eigenvalue weighted by Gasteiger charge is -2.20. The van der Waals surface area contributed by atoms with Crippen LogP contribution in [-0.2, 0) is 19.3 Å². The minimum absolute atomic E-state index is 0.106. The summed E-state index contributed by atoms with van der Waals surface area (Å²) in [4.78, 5) is 24.1. The van der Waals surface area contributed by atoms with Gasteiger partial charge < -0.3 is 20.1 Å². The van der Waals surface area contributed by atoms with Gasteiger partial charge in [0.25, 0.3) is 5.91 Å². The van der Waals surface area contributed by atoms with Gasteiger partial charge in [0.15, 0.2) is 9.84 Å². The van der Waals surface area contributed by atoms with Crippen LogP contribution >= 0.6 is 0 Å². The third kappa shape index (κ3) is 8.26. The minimum Gasteiger partial charge on any atom is -0.450 e. The largest absolute Gasteiger partial charge is 0.450 e. The quantitative estimate of drug-likeness (QED) is 0.573. The average molecular weight is 415 g/mol. The Bertz CT molecular complexity index is 731. The van der Waals surface area contributed by atoms with Crippen LogP contribution in [0.25, 0.3) is 0 Å². The fourth-order valence-corrected chi connectivity index (χ4v) is 3.72. The number of hydrogen-bond acceptors (Lipinski definition) is 6. The zero-order chi connectivity index (χ0) is 21.2. The number of methoxy groups -OCH3 is 1. The first-order chi connectivity index (χ1) is 13.2. The highest BCUT2D eigenvalue weighted by molar-refractivity contribution is 7.91. The number of rotatable bonds is 11. The lowest BCUT2D eigenvalue weighted by molar-refractivity contribution is 0.0944. The van der Waals surface area contributed by atoms with Crippen molar-refractivity contribution >= 4 is 21.8 Å². The summed E-state index contributed by atoms with van der Waals surface area (Å²) in [6, 6.07) is 5.47. The van der Waals surface area contributed by atoms with E-state index in [1.54, 1.807) is 6.92 Å². The molecule has 1 rings (SSSR count). The first-order valence-electron chi connectivity index (χ1n) is 9.22.